The van der Waals surface area contributed by atoms with Gasteiger partial charge in [0, 0.05) is 24.7 Å². The molecular formula is C21H23N5O2S2. The van der Waals surface area contributed by atoms with Crippen LogP contribution in [0.3, 0.4) is 0 Å². The topological polar surface area (TPSA) is 80.1 Å². The molecule has 1 aromatic heterocycles. The van der Waals surface area contributed by atoms with Crippen molar-refractivity contribution >= 4 is 40.4 Å². The van der Waals surface area contributed by atoms with Crippen LogP contribution in [-0.4, -0.2) is 50.7 Å². The molecule has 30 heavy (non-hydrogen) atoms. The second-order valence-corrected chi connectivity index (χ2v) is 8.69. The third-order valence-corrected chi connectivity index (χ3v) is 6.14. The monoisotopic (exact) mass is 441 g/mol. The van der Waals surface area contributed by atoms with Crippen LogP contribution in [0.1, 0.15) is 11.4 Å². The standard InChI is InChI=1S/C21H23N5O2S2/c1-15-23-24-20(26(15)13-16-7-5-4-6-8-16)29-14-19(27)22-17-9-11-18(12-10-17)30-21(28)25(2)3/h4-12H,13-14H2,1-3H3,(H,22,27). The van der Waals surface area contributed by atoms with Crippen molar-refractivity contribution < 1.29 is 9.59 Å². The highest BCUT2D eigenvalue weighted by atomic mass is 32.2. The van der Waals surface area contributed by atoms with Gasteiger partial charge in [0.1, 0.15) is 5.82 Å². The van der Waals surface area contributed by atoms with E-state index < -0.39 is 0 Å². The zero-order valence-electron chi connectivity index (χ0n) is 17.0. The summed E-state index contributed by atoms with van der Waals surface area (Å²) in [5, 5.41) is 11.9. The van der Waals surface area contributed by atoms with Gasteiger partial charge in [0.2, 0.25) is 5.91 Å². The number of hydrogen-bond donors (Lipinski definition) is 1. The molecule has 0 spiro atoms. The SMILES string of the molecule is Cc1nnc(SCC(=O)Nc2ccc(SC(=O)N(C)C)cc2)n1Cc1ccccc1. The molecule has 0 aliphatic heterocycles. The first-order chi connectivity index (χ1) is 14.4. The predicted octanol–water partition coefficient (Wildman–Crippen LogP) is 4.14. The minimum atomic E-state index is -0.128. The molecule has 0 radical (unpaired) electrons. The zero-order chi connectivity index (χ0) is 21.5. The van der Waals surface area contributed by atoms with Crippen molar-refractivity contribution in [1.82, 2.24) is 19.7 Å². The molecule has 1 N–H and O–H groups in total. The van der Waals surface area contributed by atoms with Crippen LogP contribution in [-0.2, 0) is 11.3 Å². The number of nitrogens with zero attached hydrogens (tertiary/aromatic N) is 4. The van der Waals surface area contributed by atoms with E-state index in [1.807, 2.05) is 41.8 Å². The number of benzene rings is 2. The second kappa shape index (κ2) is 10.3. The molecular weight excluding hydrogens is 418 g/mol. The summed E-state index contributed by atoms with van der Waals surface area (Å²) in [5.41, 5.74) is 1.83. The lowest BCUT2D eigenvalue weighted by Crippen LogP contribution is -2.16. The van der Waals surface area contributed by atoms with E-state index in [1.165, 1.54) is 16.7 Å². The molecule has 156 valence electrons. The Labute approximate surface area is 184 Å². The average Bonchev–Trinajstić information content (AvgIpc) is 3.08. The Kier molecular flexibility index (Phi) is 7.53. The summed E-state index contributed by atoms with van der Waals surface area (Å²) in [6.07, 6.45) is 0. The summed E-state index contributed by atoms with van der Waals surface area (Å²) in [6.45, 7) is 2.56. The summed E-state index contributed by atoms with van der Waals surface area (Å²) in [6, 6.07) is 17.3. The largest absolute Gasteiger partial charge is 0.339 e. The molecule has 0 saturated carbocycles. The number of hydrogen-bond acceptors (Lipinski definition) is 6. The lowest BCUT2D eigenvalue weighted by Gasteiger charge is -2.10. The highest BCUT2D eigenvalue weighted by Crippen LogP contribution is 2.23. The van der Waals surface area contributed by atoms with E-state index in [-0.39, 0.29) is 16.9 Å². The van der Waals surface area contributed by atoms with Crippen molar-refractivity contribution in [2.24, 2.45) is 0 Å². The van der Waals surface area contributed by atoms with Crippen LogP contribution in [0.15, 0.2) is 64.6 Å². The Morgan fingerprint density at radius 1 is 1.03 bits per heavy atom. The van der Waals surface area contributed by atoms with Crippen molar-refractivity contribution in [3.63, 3.8) is 0 Å². The Morgan fingerprint density at radius 3 is 2.40 bits per heavy atom. The Hall–Kier alpha value is -2.78. The van der Waals surface area contributed by atoms with Crippen LogP contribution in [0, 0.1) is 6.92 Å². The van der Waals surface area contributed by atoms with Crippen molar-refractivity contribution in [2.75, 3.05) is 25.2 Å². The highest BCUT2D eigenvalue weighted by molar-refractivity contribution is 8.13. The van der Waals surface area contributed by atoms with E-state index in [2.05, 4.69) is 27.6 Å². The Morgan fingerprint density at radius 2 is 1.73 bits per heavy atom. The van der Waals surface area contributed by atoms with Crippen LogP contribution in [0.5, 0.6) is 0 Å². The maximum Gasteiger partial charge on any atom is 0.285 e. The van der Waals surface area contributed by atoms with Gasteiger partial charge in [-0.05, 0) is 48.5 Å². The third-order valence-electron chi connectivity index (χ3n) is 4.13. The van der Waals surface area contributed by atoms with Crippen LogP contribution in [0.2, 0.25) is 0 Å². The van der Waals surface area contributed by atoms with Crippen LogP contribution < -0.4 is 5.32 Å². The number of nitrogens with one attached hydrogen (secondary N) is 1. The Bertz CT molecular complexity index is 1000. The molecule has 0 atom stereocenters. The molecule has 3 aromatic rings. The van der Waals surface area contributed by atoms with E-state index in [0.29, 0.717) is 17.4 Å². The molecule has 0 saturated heterocycles. The van der Waals surface area contributed by atoms with Gasteiger partial charge in [-0.1, -0.05) is 42.1 Å². The van der Waals surface area contributed by atoms with Crippen LogP contribution in [0.25, 0.3) is 0 Å². The molecule has 0 aliphatic carbocycles. The lowest BCUT2D eigenvalue weighted by molar-refractivity contribution is -0.113. The van der Waals surface area contributed by atoms with Gasteiger partial charge in [0.15, 0.2) is 5.16 Å². The first-order valence-corrected chi connectivity index (χ1v) is 11.1. The number of anilines is 1. The van der Waals surface area contributed by atoms with E-state index >= 15 is 0 Å². The van der Waals surface area contributed by atoms with E-state index in [1.54, 1.807) is 26.2 Å². The van der Waals surface area contributed by atoms with E-state index in [9.17, 15) is 9.59 Å². The summed E-state index contributed by atoms with van der Waals surface area (Å²) in [7, 11) is 3.42. The zero-order valence-corrected chi connectivity index (χ0v) is 18.7. The normalized spacial score (nSPS) is 10.6. The number of rotatable bonds is 7. The maximum absolute atomic E-state index is 12.4. The lowest BCUT2D eigenvalue weighted by atomic mass is 10.2. The molecule has 2 amide bonds. The average molecular weight is 442 g/mol. The van der Waals surface area contributed by atoms with Gasteiger partial charge in [-0.2, -0.15) is 0 Å². The molecule has 0 aliphatic rings. The predicted molar refractivity (Wildman–Crippen MR) is 121 cm³/mol. The summed E-state index contributed by atoms with van der Waals surface area (Å²) < 4.78 is 2.00. The molecule has 7 nitrogen and oxygen atoms in total. The van der Waals surface area contributed by atoms with Crippen molar-refractivity contribution in [2.45, 2.75) is 23.5 Å². The summed E-state index contributed by atoms with van der Waals surface area (Å²) >= 11 is 2.50. The molecule has 9 heteroatoms. The number of thioether (sulfide) groups is 2. The minimum Gasteiger partial charge on any atom is -0.339 e. The van der Waals surface area contributed by atoms with Crippen LogP contribution >= 0.6 is 23.5 Å². The van der Waals surface area contributed by atoms with E-state index in [4.69, 9.17) is 0 Å². The second-order valence-electron chi connectivity index (χ2n) is 6.73. The molecule has 3 rings (SSSR count). The van der Waals surface area contributed by atoms with Gasteiger partial charge >= 0.3 is 0 Å². The van der Waals surface area contributed by atoms with Gasteiger partial charge in [0.05, 0.1) is 12.3 Å². The van der Waals surface area contributed by atoms with Gasteiger partial charge in [-0.15, -0.1) is 10.2 Å². The quantitative estimate of drug-likeness (QED) is 0.555. The fourth-order valence-corrected chi connectivity index (χ4v) is 3.98. The molecule has 0 fully saturated rings. The number of carbonyl (C=O) groups is 2. The molecule has 0 bridgehead atoms. The first-order valence-electron chi connectivity index (χ1n) is 9.28. The number of aryl methyl sites for hydroxylation is 1. The van der Waals surface area contributed by atoms with Gasteiger partial charge < -0.3 is 14.8 Å². The highest BCUT2D eigenvalue weighted by Gasteiger charge is 2.13. The van der Waals surface area contributed by atoms with Crippen molar-refractivity contribution in [3.05, 3.63) is 66.0 Å². The molecule has 0 unspecified atom stereocenters. The molecule has 1 heterocycles. The van der Waals surface area contributed by atoms with Gasteiger partial charge in [-0.3, -0.25) is 9.59 Å². The fourth-order valence-electron chi connectivity index (χ4n) is 2.54. The smallest absolute Gasteiger partial charge is 0.285 e. The van der Waals surface area contributed by atoms with Crippen molar-refractivity contribution in [3.8, 4) is 0 Å². The van der Waals surface area contributed by atoms with E-state index in [0.717, 1.165) is 28.0 Å². The third kappa shape index (κ3) is 6.11. The minimum absolute atomic E-state index is 0.0434. The van der Waals surface area contributed by atoms with Gasteiger partial charge in [-0.25, -0.2) is 0 Å². The summed E-state index contributed by atoms with van der Waals surface area (Å²) in [4.78, 5) is 26.4. The fraction of sp³-hybridized carbons (Fsp3) is 0.238. The number of amides is 2. The van der Waals surface area contributed by atoms with Crippen molar-refractivity contribution in [1.29, 1.82) is 0 Å². The maximum atomic E-state index is 12.4. The summed E-state index contributed by atoms with van der Waals surface area (Å²) in [5.74, 6) is 0.904. The molecule has 2 aromatic carbocycles. The van der Waals surface area contributed by atoms with Crippen LogP contribution in [0.4, 0.5) is 10.5 Å². The van der Waals surface area contributed by atoms with Gasteiger partial charge in [0.25, 0.3) is 5.24 Å². The number of carbonyl (C=O) groups excluding carboxylic acids is 2. The number of aromatic nitrogens is 3. The Balaban J connectivity index is 1.54. The first kappa shape index (κ1) is 21.9.